The Labute approximate surface area is 178 Å². The minimum Gasteiger partial charge on any atom is -0.459 e. The molecule has 0 amide bonds. The molecule has 9 heteroatoms. The van der Waals surface area contributed by atoms with Gasteiger partial charge in [0, 0.05) is 23.8 Å². The third-order valence-corrected chi connectivity index (χ3v) is 7.26. The van der Waals surface area contributed by atoms with Gasteiger partial charge in [0.1, 0.15) is 5.65 Å². The first kappa shape index (κ1) is 18.8. The second-order valence-corrected chi connectivity index (χ2v) is 9.29. The molecule has 0 radical (unpaired) electrons. The zero-order valence-corrected chi connectivity index (χ0v) is 17.3. The van der Waals surface area contributed by atoms with Crippen LogP contribution in [0.15, 0.2) is 23.0 Å². The number of esters is 1. The zero-order chi connectivity index (χ0) is 21.2. The fourth-order valence-electron chi connectivity index (χ4n) is 6.33. The van der Waals surface area contributed by atoms with Gasteiger partial charge in [-0.3, -0.25) is 0 Å². The normalized spacial score (nSPS) is 31.3. The van der Waals surface area contributed by atoms with E-state index in [2.05, 4.69) is 25.4 Å². The maximum Gasteiger partial charge on any atom is 0.397 e. The molecule has 0 spiro atoms. The lowest BCUT2D eigenvalue weighted by Crippen LogP contribution is -2.59. The number of hydrogen-bond acceptors (Lipinski definition) is 8. The predicted molar refractivity (Wildman–Crippen MR) is 111 cm³/mol. The van der Waals surface area contributed by atoms with Crippen molar-refractivity contribution in [3.8, 4) is 11.4 Å². The van der Waals surface area contributed by atoms with E-state index < -0.39 is 11.6 Å². The van der Waals surface area contributed by atoms with Crippen LogP contribution in [0, 0.1) is 17.8 Å². The van der Waals surface area contributed by atoms with Crippen LogP contribution >= 0.6 is 0 Å². The summed E-state index contributed by atoms with van der Waals surface area (Å²) in [5.74, 6) is 0.991. The van der Waals surface area contributed by atoms with Gasteiger partial charge >= 0.3 is 11.9 Å². The van der Waals surface area contributed by atoms with E-state index in [9.17, 15) is 9.90 Å². The maximum atomic E-state index is 12.0. The highest BCUT2D eigenvalue weighted by Gasteiger charge is 2.54. The molecular weight excluding hydrogens is 398 g/mol. The Morgan fingerprint density at radius 3 is 2.90 bits per heavy atom. The Hall–Kier alpha value is -2.94. The van der Waals surface area contributed by atoms with Crippen molar-refractivity contribution in [2.75, 3.05) is 11.9 Å². The summed E-state index contributed by atoms with van der Waals surface area (Å²) in [7, 11) is 0. The fraction of sp³-hybridized carbons (Fsp3) is 0.545. The zero-order valence-electron chi connectivity index (χ0n) is 17.3. The van der Waals surface area contributed by atoms with Crippen LogP contribution in [0.3, 0.4) is 0 Å². The summed E-state index contributed by atoms with van der Waals surface area (Å²) in [4.78, 5) is 23.9. The molecule has 4 aliphatic rings. The van der Waals surface area contributed by atoms with Gasteiger partial charge in [-0.25, -0.2) is 9.78 Å². The number of aromatic nitrogens is 4. The summed E-state index contributed by atoms with van der Waals surface area (Å²) >= 11 is 0. The third-order valence-electron chi connectivity index (χ3n) is 7.26. The van der Waals surface area contributed by atoms with Crippen LogP contribution in [0.4, 0.5) is 5.69 Å². The molecule has 0 aromatic carbocycles. The number of H-pyrrole nitrogens is 1. The summed E-state index contributed by atoms with van der Waals surface area (Å²) in [5, 5.41) is 19.7. The lowest BCUT2D eigenvalue weighted by atomic mass is 9.52. The van der Waals surface area contributed by atoms with Crippen molar-refractivity contribution in [1.29, 1.82) is 0 Å². The third kappa shape index (κ3) is 3.02. The number of anilines is 1. The van der Waals surface area contributed by atoms with Crippen molar-refractivity contribution in [3.05, 3.63) is 24.4 Å². The van der Waals surface area contributed by atoms with E-state index in [0.717, 1.165) is 48.8 Å². The molecule has 7 rings (SSSR count). The Morgan fingerprint density at radius 1 is 1.35 bits per heavy atom. The molecule has 0 saturated heterocycles. The van der Waals surface area contributed by atoms with Gasteiger partial charge in [0.25, 0.3) is 0 Å². The number of hydrogen-bond donors (Lipinski definition) is 3. The number of nitrogens with one attached hydrogen (secondary N) is 2. The van der Waals surface area contributed by atoms with Crippen LogP contribution in [-0.4, -0.2) is 49.4 Å². The first-order valence-electron chi connectivity index (χ1n) is 11.0. The quantitative estimate of drug-likeness (QED) is 0.534. The molecule has 0 aliphatic heterocycles. The van der Waals surface area contributed by atoms with Gasteiger partial charge in [-0.1, -0.05) is 5.16 Å². The van der Waals surface area contributed by atoms with Gasteiger partial charge in [-0.05, 0) is 62.8 Å². The molecule has 4 aliphatic carbocycles. The van der Waals surface area contributed by atoms with Crippen molar-refractivity contribution in [3.63, 3.8) is 0 Å². The number of ether oxygens (including phenoxy) is 1. The molecule has 3 aromatic rings. The molecular formula is C22H25N5O4. The molecule has 4 bridgehead atoms. The Balaban J connectivity index is 1.38. The summed E-state index contributed by atoms with van der Waals surface area (Å²) in [5.41, 5.74) is 1.84. The first-order valence-corrected chi connectivity index (χ1v) is 11.0. The summed E-state index contributed by atoms with van der Waals surface area (Å²) in [6.45, 7) is 1.96. The molecule has 5 atom stereocenters. The van der Waals surface area contributed by atoms with Crippen molar-refractivity contribution < 1.29 is 19.2 Å². The van der Waals surface area contributed by atoms with E-state index in [4.69, 9.17) is 9.26 Å². The number of pyridine rings is 1. The van der Waals surface area contributed by atoms with E-state index in [-0.39, 0.29) is 18.5 Å². The van der Waals surface area contributed by atoms with E-state index in [1.807, 2.05) is 12.3 Å². The standard InChI is InChI=1S/C22H25N5O4/c1-2-30-21(28)20-26-19(27-31-20)15-10-24-18-14(3-4-23-18)17(15)25-16-12-5-11-6-13(16)9-22(29,7-11)8-12/h3-4,10-13,16,29H,2,5-9H2,1H3,(H2,23,24,25)/t11?,12-,13+,16?,22?. The molecule has 31 heavy (non-hydrogen) atoms. The molecule has 3 unspecified atom stereocenters. The number of rotatable bonds is 5. The lowest BCUT2D eigenvalue weighted by Gasteiger charge is -2.58. The molecule has 4 saturated carbocycles. The highest BCUT2D eigenvalue weighted by Crippen LogP contribution is 2.56. The van der Waals surface area contributed by atoms with Gasteiger partial charge in [-0.2, -0.15) is 4.98 Å². The van der Waals surface area contributed by atoms with E-state index in [1.165, 1.54) is 0 Å². The van der Waals surface area contributed by atoms with E-state index >= 15 is 0 Å². The SMILES string of the molecule is CCOC(=O)c1nc(-c2cnc3[nH]ccc3c2NC2[C@@H]3CC4C[C@H]2CC(O)(C4)C3)no1. The van der Waals surface area contributed by atoms with Crippen LogP contribution in [0.1, 0.15) is 49.7 Å². The highest BCUT2D eigenvalue weighted by atomic mass is 16.6. The van der Waals surface area contributed by atoms with E-state index in [1.54, 1.807) is 13.1 Å². The first-order chi connectivity index (χ1) is 15.0. The molecule has 4 fully saturated rings. The van der Waals surface area contributed by atoms with Crippen molar-refractivity contribution in [1.82, 2.24) is 20.1 Å². The van der Waals surface area contributed by atoms with Gasteiger partial charge in [-0.15, -0.1) is 0 Å². The number of carbonyl (C=O) groups is 1. The summed E-state index contributed by atoms with van der Waals surface area (Å²) in [6, 6.07) is 2.25. The van der Waals surface area contributed by atoms with Crippen LogP contribution in [0.25, 0.3) is 22.4 Å². The highest BCUT2D eigenvalue weighted by molar-refractivity contribution is 5.97. The minimum atomic E-state index is -0.638. The molecule has 3 N–H and O–H groups in total. The average Bonchev–Trinajstić information content (AvgIpc) is 3.39. The van der Waals surface area contributed by atoms with Crippen molar-refractivity contribution in [2.45, 2.75) is 50.7 Å². The van der Waals surface area contributed by atoms with Gasteiger partial charge in [0.2, 0.25) is 5.82 Å². The molecule has 3 heterocycles. The second-order valence-electron chi connectivity index (χ2n) is 9.29. The maximum absolute atomic E-state index is 12.0. The number of fused-ring (bicyclic) bond motifs is 1. The fourth-order valence-corrected chi connectivity index (χ4v) is 6.33. The van der Waals surface area contributed by atoms with Gasteiger partial charge < -0.3 is 24.7 Å². The van der Waals surface area contributed by atoms with Gasteiger partial charge in [0.05, 0.1) is 23.5 Å². The number of nitrogens with zero attached hydrogens (tertiary/aromatic N) is 3. The van der Waals surface area contributed by atoms with Crippen LogP contribution < -0.4 is 5.32 Å². The Bertz CT molecular complexity index is 1140. The Kier molecular flexibility index (Phi) is 4.11. The van der Waals surface area contributed by atoms with Crippen LogP contribution in [-0.2, 0) is 4.74 Å². The van der Waals surface area contributed by atoms with Crippen LogP contribution in [0.2, 0.25) is 0 Å². The smallest absolute Gasteiger partial charge is 0.397 e. The summed E-state index contributed by atoms with van der Waals surface area (Å²) < 4.78 is 10.1. The molecule has 162 valence electrons. The average molecular weight is 423 g/mol. The van der Waals surface area contributed by atoms with Crippen LogP contribution in [0.5, 0.6) is 0 Å². The lowest BCUT2D eigenvalue weighted by molar-refractivity contribution is -0.129. The van der Waals surface area contributed by atoms with Crippen molar-refractivity contribution in [2.24, 2.45) is 17.8 Å². The predicted octanol–water partition coefficient (Wildman–Crippen LogP) is 3.14. The largest absolute Gasteiger partial charge is 0.459 e. The number of aromatic amines is 1. The van der Waals surface area contributed by atoms with Crippen molar-refractivity contribution >= 4 is 22.7 Å². The van der Waals surface area contributed by atoms with E-state index in [0.29, 0.717) is 29.1 Å². The monoisotopic (exact) mass is 423 g/mol. The second kappa shape index (κ2) is 6.78. The van der Waals surface area contributed by atoms with Gasteiger partial charge in [0.15, 0.2) is 0 Å². The molecule has 3 aromatic heterocycles. The minimum absolute atomic E-state index is 0.172. The topological polar surface area (TPSA) is 126 Å². The number of aliphatic hydroxyl groups is 1. The molecule has 9 nitrogen and oxygen atoms in total. The number of carbonyl (C=O) groups excluding carboxylic acids is 1. The summed E-state index contributed by atoms with van der Waals surface area (Å²) in [6.07, 6.45) is 8.52. The Morgan fingerprint density at radius 2 is 2.16 bits per heavy atom.